The minimum Gasteiger partial charge on any atom is -0.489 e. The van der Waals surface area contributed by atoms with Gasteiger partial charge in [-0.15, -0.1) is 0 Å². The summed E-state index contributed by atoms with van der Waals surface area (Å²) >= 11 is 0. The van der Waals surface area contributed by atoms with Crippen LogP contribution >= 0.6 is 0 Å². The summed E-state index contributed by atoms with van der Waals surface area (Å²) in [6.07, 6.45) is 5.43. The number of hydrogen-bond acceptors (Lipinski definition) is 6. The number of carbonyl (C=O) groups is 2. The molecule has 0 unspecified atom stereocenters. The van der Waals surface area contributed by atoms with Crippen molar-refractivity contribution in [3.63, 3.8) is 0 Å². The quantitative estimate of drug-likeness (QED) is 0.193. The molecular weight excluding hydrogens is 578 g/mol. The number of benzene rings is 4. The Morgan fingerprint density at radius 3 is 2.23 bits per heavy atom. The average Bonchev–Trinajstić information content (AvgIpc) is 3.44. The zero-order chi connectivity index (χ0) is 30.7. The maximum Gasteiger partial charge on any atom is 0.335 e. The van der Waals surface area contributed by atoms with Crippen LogP contribution in [0.2, 0.25) is 0 Å². The molecule has 2 N–H and O–H groups in total. The van der Waals surface area contributed by atoms with Gasteiger partial charge in [0.05, 0.1) is 21.5 Å². The Balaban J connectivity index is 1.29. The van der Waals surface area contributed by atoms with E-state index in [1.165, 1.54) is 42.8 Å². The predicted molar refractivity (Wildman–Crippen MR) is 166 cm³/mol. The third kappa shape index (κ3) is 6.21. The van der Waals surface area contributed by atoms with Crippen molar-refractivity contribution in [2.45, 2.75) is 49.6 Å². The number of rotatable bonds is 9. The molecule has 0 spiro atoms. The van der Waals surface area contributed by atoms with Crippen molar-refractivity contribution in [2.75, 3.05) is 0 Å². The van der Waals surface area contributed by atoms with Crippen molar-refractivity contribution in [3.8, 4) is 17.1 Å². The van der Waals surface area contributed by atoms with E-state index in [1.807, 2.05) is 54.6 Å². The second-order valence-electron chi connectivity index (χ2n) is 10.9. The van der Waals surface area contributed by atoms with Crippen LogP contribution in [-0.2, 0) is 16.6 Å². The van der Waals surface area contributed by atoms with Gasteiger partial charge in [0.15, 0.2) is 0 Å². The fourth-order valence-corrected chi connectivity index (χ4v) is 6.60. The molecule has 0 atom stereocenters. The molecule has 1 aliphatic rings. The Labute approximate surface area is 255 Å². The highest BCUT2D eigenvalue weighted by atomic mass is 32.2. The molecule has 1 aliphatic carbocycles. The van der Waals surface area contributed by atoms with Gasteiger partial charge in [0.25, 0.3) is 15.9 Å². The van der Waals surface area contributed by atoms with Crippen LogP contribution in [0, 0.1) is 0 Å². The number of carbonyl (C=O) groups excluding carboxylic acids is 1. The van der Waals surface area contributed by atoms with Gasteiger partial charge in [-0.05, 0) is 85.1 Å². The lowest BCUT2D eigenvalue weighted by molar-refractivity contribution is 0.0696. The van der Waals surface area contributed by atoms with E-state index < -0.39 is 21.9 Å². The third-order valence-corrected chi connectivity index (χ3v) is 9.22. The Hall–Kier alpha value is -4.96. The average molecular weight is 610 g/mol. The third-order valence-electron chi connectivity index (χ3n) is 7.89. The van der Waals surface area contributed by atoms with Gasteiger partial charge in [0.1, 0.15) is 18.2 Å². The van der Waals surface area contributed by atoms with Crippen LogP contribution in [0.5, 0.6) is 5.75 Å². The Morgan fingerprint density at radius 1 is 0.864 bits per heavy atom. The van der Waals surface area contributed by atoms with Crippen molar-refractivity contribution in [2.24, 2.45) is 0 Å². The molecule has 9 nitrogen and oxygen atoms in total. The summed E-state index contributed by atoms with van der Waals surface area (Å²) in [5.41, 5.74) is 3.32. The number of nitrogens with one attached hydrogen (secondary N) is 1. The van der Waals surface area contributed by atoms with E-state index in [9.17, 15) is 18.0 Å². The van der Waals surface area contributed by atoms with E-state index >= 15 is 0 Å². The van der Waals surface area contributed by atoms with Crippen molar-refractivity contribution < 1.29 is 27.9 Å². The number of amides is 1. The number of nitrogens with zero attached hydrogens (tertiary/aromatic N) is 2. The standard InChI is InChI=1S/C34H31N3O6S/c38-33(25-11-13-26(14-12-25)34(39)40)36-44(41,42)29-19-20-31-30(21-29)35-32(37(31)27-9-5-2-6-10-27)24-15-17-28(18-16-24)43-22-23-7-3-1-4-8-23/h1,3-4,7-8,11-21,27H,2,5-6,9-10,22H2,(H,36,38)(H,39,40). The molecule has 0 aliphatic heterocycles. The van der Waals surface area contributed by atoms with Crippen molar-refractivity contribution in [1.82, 2.24) is 14.3 Å². The molecule has 0 saturated heterocycles. The summed E-state index contributed by atoms with van der Waals surface area (Å²) < 4.78 is 36.7. The molecule has 1 saturated carbocycles. The van der Waals surface area contributed by atoms with Gasteiger partial charge in [0.2, 0.25) is 0 Å². The van der Waals surface area contributed by atoms with Gasteiger partial charge in [-0.25, -0.2) is 22.9 Å². The predicted octanol–water partition coefficient (Wildman–Crippen LogP) is 6.60. The highest BCUT2D eigenvalue weighted by Gasteiger charge is 2.25. The topological polar surface area (TPSA) is 128 Å². The number of fused-ring (bicyclic) bond motifs is 1. The van der Waals surface area contributed by atoms with Crippen LogP contribution in [0.25, 0.3) is 22.4 Å². The van der Waals surface area contributed by atoms with Gasteiger partial charge in [-0.3, -0.25) is 4.79 Å². The van der Waals surface area contributed by atoms with Gasteiger partial charge in [-0.1, -0.05) is 49.6 Å². The van der Waals surface area contributed by atoms with Crippen LogP contribution < -0.4 is 9.46 Å². The van der Waals surface area contributed by atoms with Crippen molar-refractivity contribution in [1.29, 1.82) is 0 Å². The van der Waals surface area contributed by atoms with Crippen LogP contribution in [0.15, 0.2) is 102 Å². The maximum absolute atomic E-state index is 13.2. The normalized spacial score (nSPS) is 13.9. The first kappa shape index (κ1) is 29.1. The van der Waals surface area contributed by atoms with E-state index in [-0.39, 0.29) is 22.1 Å². The van der Waals surface area contributed by atoms with Crippen molar-refractivity contribution in [3.05, 3.63) is 114 Å². The lowest BCUT2D eigenvalue weighted by atomic mass is 9.95. The molecule has 1 amide bonds. The van der Waals surface area contributed by atoms with Gasteiger partial charge >= 0.3 is 5.97 Å². The summed E-state index contributed by atoms with van der Waals surface area (Å²) in [7, 11) is -4.24. The van der Waals surface area contributed by atoms with Crippen LogP contribution in [-0.4, -0.2) is 35.0 Å². The number of hydrogen-bond donors (Lipinski definition) is 2. The summed E-state index contributed by atoms with van der Waals surface area (Å²) in [5, 5.41) is 9.08. The highest BCUT2D eigenvalue weighted by Crippen LogP contribution is 2.37. The van der Waals surface area contributed by atoms with Crippen molar-refractivity contribution >= 4 is 32.9 Å². The number of imidazole rings is 1. The van der Waals surface area contributed by atoms with Crippen LogP contribution in [0.3, 0.4) is 0 Å². The first-order valence-electron chi connectivity index (χ1n) is 14.5. The van der Waals surface area contributed by atoms with E-state index in [0.29, 0.717) is 12.1 Å². The largest absolute Gasteiger partial charge is 0.489 e. The lowest BCUT2D eigenvalue weighted by Gasteiger charge is -2.25. The number of aromatic carboxylic acids is 1. The lowest BCUT2D eigenvalue weighted by Crippen LogP contribution is -2.30. The second-order valence-corrected chi connectivity index (χ2v) is 12.5. The first-order valence-corrected chi connectivity index (χ1v) is 16.0. The Kier molecular flexibility index (Phi) is 8.17. The first-order chi connectivity index (χ1) is 21.3. The zero-order valence-electron chi connectivity index (χ0n) is 23.8. The van der Waals surface area contributed by atoms with E-state index in [4.69, 9.17) is 14.8 Å². The molecule has 6 rings (SSSR count). The summed E-state index contributed by atoms with van der Waals surface area (Å²) in [6, 6.07) is 27.7. The molecule has 0 bridgehead atoms. The van der Waals surface area contributed by atoms with Gasteiger partial charge in [0, 0.05) is 17.2 Å². The molecule has 4 aromatic carbocycles. The minimum absolute atomic E-state index is 0.00596. The number of carboxylic acid groups (broad SMARTS) is 1. The summed E-state index contributed by atoms with van der Waals surface area (Å²) in [5.74, 6) is -0.513. The molecule has 224 valence electrons. The zero-order valence-corrected chi connectivity index (χ0v) is 24.7. The Morgan fingerprint density at radius 2 is 1.55 bits per heavy atom. The smallest absolute Gasteiger partial charge is 0.335 e. The number of carboxylic acids is 1. The van der Waals surface area contributed by atoms with Crippen LogP contribution in [0.1, 0.15) is 64.4 Å². The monoisotopic (exact) mass is 609 g/mol. The van der Waals surface area contributed by atoms with E-state index in [2.05, 4.69) is 9.29 Å². The second kappa shape index (κ2) is 12.3. The molecule has 10 heteroatoms. The molecule has 44 heavy (non-hydrogen) atoms. The summed E-state index contributed by atoms with van der Waals surface area (Å²) in [6.45, 7) is 0.461. The molecule has 5 aromatic rings. The van der Waals surface area contributed by atoms with Gasteiger partial charge < -0.3 is 14.4 Å². The molecule has 0 radical (unpaired) electrons. The fraction of sp³-hybridized carbons (Fsp3) is 0.206. The van der Waals surface area contributed by atoms with Crippen LogP contribution in [0.4, 0.5) is 0 Å². The number of sulfonamides is 1. The Bertz CT molecular complexity index is 1910. The molecular formula is C34H31N3O6S. The SMILES string of the molecule is O=C(O)c1ccc(C(=O)NS(=O)(=O)c2ccc3c(c2)nc(-c2ccc(OCc4ccccc4)cc2)n3C2CCCCC2)cc1. The highest BCUT2D eigenvalue weighted by molar-refractivity contribution is 7.90. The number of aromatic nitrogens is 2. The van der Waals surface area contributed by atoms with Gasteiger partial charge in [-0.2, -0.15) is 0 Å². The molecule has 1 heterocycles. The summed E-state index contributed by atoms with van der Waals surface area (Å²) in [4.78, 5) is 28.6. The molecule has 1 aromatic heterocycles. The van der Waals surface area contributed by atoms with E-state index in [1.54, 1.807) is 6.07 Å². The molecule has 1 fully saturated rings. The maximum atomic E-state index is 13.2. The fourth-order valence-electron chi connectivity index (χ4n) is 5.60. The van der Waals surface area contributed by atoms with E-state index in [0.717, 1.165) is 53.9 Å². The minimum atomic E-state index is -4.24. The number of ether oxygens (including phenoxy) is 1.